The molecular formula is C24H31N3O. The lowest BCUT2D eigenvalue weighted by molar-refractivity contribution is -0.0238. The van der Waals surface area contributed by atoms with Gasteiger partial charge < -0.3 is 5.11 Å². The van der Waals surface area contributed by atoms with Crippen LogP contribution < -0.4 is 0 Å². The third-order valence-electron chi connectivity index (χ3n) is 8.86. The smallest absolute Gasteiger partial charge is 0.106 e. The largest absolute Gasteiger partial charge is 0.393 e. The number of fused-ring (bicyclic) bond motifs is 5. The lowest BCUT2D eigenvalue weighted by Gasteiger charge is -2.57. The monoisotopic (exact) mass is 377 g/mol. The standard InChI is InChI=1S/C24H31N3O/c1-23-10-8-17(28)12-16(23)4-5-18-19-6-7-21(24(19,2)11-9-20(18)23)22-15(13-25)14-27(3)26-22/h4,7,14,17-20,28H,5-6,8-12H2,1-3H3/t17-,18-,19-,20-,23-,24-/m0/s1. The van der Waals surface area contributed by atoms with Crippen LogP contribution in [0.4, 0.5) is 0 Å². The Labute approximate surface area is 167 Å². The van der Waals surface area contributed by atoms with Crippen molar-refractivity contribution in [2.24, 2.45) is 35.6 Å². The van der Waals surface area contributed by atoms with Crippen molar-refractivity contribution in [3.05, 3.63) is 35.2 Å². The van der Waals surface area contributed by atoms with Crippen molar-refractivity contribution < 1.29 is 5.11 Å². The van der Waals surface area contributed by atoms with Gasteiger partial charge in [0.05, 0.1) is 11.7 Å². The predicted octanol–water partition coefficient (Wildman–Crippen LogP) is 4.61. The molecule has 4 aliphatic carbocycles. The fraction of sp³-hybridized carbons (Fsp3) is 0.667. The minimum atomic E-state index is -0.141. The van der Waals surface area contributed by atoms with Crippen LogP contribution in [0, 0.1) is 39.9 Å². The molecule has 0 bridgehead atoms. The molecule has 1 aromatic heterocycles. The van der Waals surface area contributed by atoms with Gasteiger partial charge >= 0.3 is 0 Å². The second-order valence-corrected chi connectivity index (χ2v) is 10.1. The molecular weight excluding hydrogens is 346 g/mol. The number of aryl methyl sites for hydroxylation is 1. The molecule has 5 rings (SSSR count). The summed E-state index contributed by atoms with van der Waals surface area (Å²) < 4.78 is 1.78. The summed E-state index contributed by atoms with van der Waals surface area (Å²) >= 11 is 0. The Bertz CT molecular complexity index is 919. The second-order valence-electron chi connectivity index (χ2n) is 10.1. The van der Waals surface area contributed by atoms with E-state index in [1.165, 1.54) is 24.0 Å². The Morgan fingerprint density at radius 2 is 1.93 bits per heavy atom. The minimum Gasteiger partial charge on any atom is -0.393 e. The van der Waals surface area contributed by atoms with Crippen LogP contribution in [0.2, 0.25) is 0 Å². The maximum atomic E-state index is 10.2. The minimum absolute atomic E-state index is 0.122. The molecule has 0 aliphatic heterocycles. The number of allylic oxidation sites excluding steroid dienone is 3. The van der Waals surface area contributed by atoms with Crippen molar-refractivity contribution >= 4 is 5.57 Å². The molecule has 2 saturated carbocycles. The Morgan fingerprint density at radius 1 is 1.14 bits per heavy atom. The van der Waals surface area contributed by atoms with E-state index in [0.717, 1.165) is 43.7 Å². The molecule has 0 radical (unpaired) electrons. The van der Waals surface area contributed by atoms with Gasteiger partial charge in [0.2, 0.25) is 0 Å². The highest BCUT2D eigenvalue weighted by molar-refractivity contribution is 5.74. The predicted molar refractivity (Wildman–Crippen MR) is 109 cm³/mol. The fourth-order valence-corrected chi connectivity index (χ4v) is 7.35. The number of rotatable bonds is 1. The van der Waals surface area contributed by atoms with E-state index in [9.17, 15) is 10.4 Å². The summed E-state index contributed by atoms with van der Waals surface area (Å²) in [6.45, 7) is 4.90. The first-order valence-electron chi connectivity index (χ1n) is 10.9. The molecule has 1 N–H and O–H groups in total. The highest BCUT2D eigenvalue weighted by atomic mass is 16.3. The third-order valence-corrected chi connectivity index (χ3v) is 8.86. The van der Waals surface area contributed by atoms with Crippen LogP contribution >= 0.6 is 0 Å². The molecule has 4 heteroatoms. The van der Waals surface area contributed by atoms with E-state index in [1.807, 2.05) is 13.2 Å². The van der Waals surface area contributed by atoms with E-state index in [2.05, 4.69) is 37.2 Å². The number of hydrogen-bond donors (Lipinski definition) is 1. The van der Waals surface area contributed by atoms with Crippen molar-refractivity contribution in [3.8, 4) is 6.07 Å². The first-order valence-corrected chi connectivity index (χ1v) is 10.9. The molecule has 0 saturated heterocycles. The first kappa shape index (κ1) is 18.2. The lowest BCUT2D eigenvalue weighted by Crippen LogP contribution is -2.49. The van der Waals surface area contributed by atoms with Gasteiger partial charge in [-0.05, 0) is 79.1 Å². The maximum Gasteiger partial charge on any atom is 0.106 e. The second kappa shape index (κ2) is 6.07. The summed E-state index contributed by atoms with van der Waals surface area (Å²) in [4.78, 5) is 0. The maximum absolute atomic E-state index is 10.2. The van der Waals surface area contributed by atoms with Crippen LogP contribution in [0.15, 0.2) is 23.9 Å². The van der Waals surface area contributed by atoms with Gasteiger partial charge in [0.25, 0.3) is 0 Å². The number of nitriles is 1. The molecule has 6 atom stereocenters. The zero-order valence-corrected chi connectivity index (χ0v) is 17.3. The van der Waals surface area contributed by atoms with E-state index in [4.69, 9.17) is 0 Å². The molecule has 1 heterocycles. The topological polar surface area (TPSA) is 61.8 Å². The number of nitrogens with zero attached hydrogens (tertiary/aromatic N) is 3. The van der Waals surface area contributed by atoms with Gasteiger partial charge in [-0.15, -0.1) is 0 Å². The summed E-state index contributed by atoms with van der Waals surface area (Å²) in [5, 5.41) is 24.4. The Morgan fingerprint density at radius 3 is 2.71 bits per heavy atom. The van der Waals surface area contributed by atoms with Gasteiger partial charge in [-0.3, -0.25) is 4.68 Å². The fourth-order valence-electron chi connectivity index (χ4n) is 7.35. The van der Waals surface area contributed by atoms with E-state index in [1.54, 1.807) is 4.68 Å². The normalized spacial score (nSPS) is 42.0. The van der Waals surface area contributed by atoms with Crippen molar-refractivity contribution in [2.75, 3.05) is 0 Å². The van der Waals surface area contributed by atoms with Crippen molar-refractivity contribution in [3.63, 3.8) is 0 Å². The number of hydrogen-bond acceptors (Lipinski definition) is 3. The van der Waals surface area contributed by atoms with Gasteiger partial charge in [-0.1, -0.05) is 31.6 Å². The van der Waals surface area contributed by atoms with Gasteiger partial charge in [-0.2, -0.15) is 10.4 Å². The number of aromatic nitrogens is 2. The van der Waals surface area contributed by atoms with Crippen LogP contribution in [0.25, 0.3) is 5.57 Å². The van der Waals surface area contributed by atoms with E-state index < -0.39 is 0 Å². The van der Waals surface area contributed by atoms with Crippen LogP contribution in [0.5, 0.6) is 0 Å². The van der Waals surface area contributed by atoms with Gasteiger partial charge in [0.15, 0.2) is 0 Å². The van der Waals surface area contributed by atoms with Crippen molar-refractivity contribution in [2.45, 2.75) is 64.9 Å². The molecule has 0 aromatic carbocycles. The lowest BCUT2D eigenvalue weighted by atomic mass is 9.47. The highest BCUT2D eigenvalue weighted by Crippen LogP contribution is 2.66. The first-order chi connectivity index (χ1) is 13.4. The summed E-state index contributed by atoms with van der Waals surface area (Å²) in [6.07, 6.45) is 14.2. The average molecular weight is 378 g/mol. The zero-order valence-electron chi connectivity index (χ0n) is 17.3. The highest BCUT2D eigenvalue weighted by Gasteiger charge is 2.57. The Kier molecular flexibility index (Phi) is 3.94. The summed E-state index contributed by atoms with van der Waals surface area (Å²) in [5.41, 5.74) is 4.85. The summed E-state index contributed by atoms with van der Waals surface area (Å²) in [5.74, 6) is 2.06. The molecule has 2 fully saturated rings. The molecule has 0 spiro atoms. The molecule has 0 unspecified atom stereocenters. The van der Waals surface area contributed by atoms with E-state index >= 15 is 0 Å². The Hall–Kier alpha value is -1.86. The molecule has 1 aromatic rings. The van der Waals surface area contributed by atoms with E-state index in [0.29, 0.717) is 17.4 Å². The van der Waals surface area contributed by atoms with Gasteiger partial charge in [0, 0.05) is 13.2 Å². The van der Waals surface area contributed by atoms with Gasteiger partial charge in [0.1, 0.15) is 11.8 Å². The van der Waals surface area contributed by atoms with Crippen molar-refractivity contribution in [1.29, 1.82) is 5.26 Å². The summed E-state index contributed by atoms with van der Waals surface area (Å²) in [7, 11) is 1.91. The molecule has 28 heavy (non-hydrogen) atoms. The molecule has 148 valence electrons. The zero-order chi connectivity index (χ0) is 19.7. The van der Waals surface area contributed by atoms with Crippen LogP contribution in [-0.4, -0.2) is 21.0 Å². The molecule has 4 aliphatic rings. The molecule has 0 amide bonds. The summed E-state index contributed by atoms with van der Waals surface area (Å²) in [6, 6.07) is 2.35. The van der Waals surface area contributed by atoms with Crippen molar-refractivity contribution in [1.82, 2.24) is 9.78 Å². The van der Waals surface area contributed by atoms with Crippen LogP contribution in [0.1, 0.15) is 70.1 Å². The van der Waals surface area contributed by atoms with E-state index in [-0.39, 0.29) is 16.9 Å². The SMILES string of the molecule is Cn1cc(C#N)c(C2=CC[C@H]3[C@@H]4CC=C5C[C@@H](O)CC[C@]5(C)[C@H]4CC[C@]23C)n1. The number of aliphatic hydroxyl groups is 1. The quantitative estimate of drug-likeness (QED) is 0.727. The number of aliphatic hydroxyl groups excluding tert-OH is 1. The molecule has 4 nitrogen and oxygen atoms in total. The third kappa shape index (κ3) is 2.35. The van der Waals surface area contributed by atoms with Gasteiger partial charge in [-0.25, -0.2) is 0 Å². The Balaban J connectivity index is 1.49. The van der Waals surface area contributed by atoms with Crippen LogP contribution in [-0.2, 0) is 7.05 Å². The van der Waals surface area contributed by atoms with Crippen LogP contribution in [0.3, 0.4) is 0 Å². The average Bonchev–Trinajstić information content (AvgIpc) is 3.21.